The van der Waals surface area contributed by atoms with E-state index in [4.69, 9.17) is 0 Å². The van der Waals surface area contributed by atoms with Crippen molar-refractivity contribution < 1.29 is 26.3 Å². The lowest BCUT2D eigenvalue weighted by molar-refractivity contribution is -0.137. The summed E-state index contributed by atoms with van der Waals surface area (Å²) in [6, 6.07) is 51.9. The van der Waals surface area contributed by atoms with Gasteiger partial charge in [0.2, 0.25) is 0 Å². The quantitative estimate of drug-likeness (QED) is 0.162. The van der Waals surface area contributed by atoms with E-state index in [9.17, 15) is 36.9 Å². The number of hydrogen-bond donors (Lipinski definition) is 0. The summed E-state index contributed by atoms with van der Waals surface area (Å²) >= 11 is 0. The third-order valence-electron chi connectivity index (χ3n) is 11.5. The van der Waals surface area contributed by atoms with Crippen LogP contribution in [-0.2, 0) is 12.4 Å². The van der Waals surface area contributed by atoms with Crippen LogP contribution in [0, 0.1) is 22.7 Å². The Balaban J connectivity index is 1.15. The number of fused-ring (bicyclic) bond motifs is 6. The van der Waals surface area contributed by atoms with Crippen LogP contribution in [0.4, 0.5) is 26.3 Å². The molecule has 0 saturated heterocycles. The summed E-state index contributed by atoms with van der Waals surface area (Å²) in [5.41, 5.74) is 5.44. The summed E-state index contributed by atoms with van der Waals surface area (Å²) in [5, 5.41) is 24.0. The molecule has 0 N–H and O–H groups in total. The van der Waals surface area contributed by atoms with Gasteiger partial charge >= 0.3 is 12.4 Å². The largest absolute Gasteiger partial charge is 0.417 e. The first-order valence-corrected chi connectivity index (χ1v) is 19.4. The van der Waals surface area contributed by atoms with E-state index in [-0.39, 0.29) is 11.1 Å². The molecule has 0 aliphatic heterocycles. The van der Waals surface area contributed by atoms with E-state index >= 15 is 0 Å². The van der Waals surface area contributed by atoms with Crippen LogP contribution in [0.1, 0.15) is 22.3 Å². The summed E-state index contributed by atoms with van der Waals surface area (Å²) in [4.78, 5) is 0. The number of nitriles is 2. The molecule has 10 aromatic rings. The van der Waals surface area contributed by atoms with E-state index in [0.717, 1.165) is 55.7 Å². The molecule has 0 amide bonds. The zero-order chi connectivity index (χ0) is 42.9. The molecular weight excluding hydrogens is 795 g/mol. The lowest BCUT2D eigenvalue weighted by Gasteiger charge is -2.15. The molecule has 2 aromatic heterocycles. The zero-order valence-electron chi connectivity index (χ0n) is 32.2. The Morgan fingerprint density at radius 3 is 1.13 bits per heavy atom. The van der Waals surface area contributed by atoms with Gasteiger partial charge < -0.3 is 9.13 Å². The van der Waals surface area contributed by atoms with Crippen LogP contribution >= 0.6 is 0 Å². The van der Waals surface area contributed by atoms with Crippen molar-refractivity contribution >= 4 is 43.6 Å². The first-order valence-electron chi connectivity index (χ1n) is 19.4. The summed E-state index contributed by atoms with van der Waals surface area (Å²) in [5.74, 6) is 0. The fourth-order valence-electron chi connectivity index (χ4n) is 8.78. The maximum absolute atomic E-state index is 14.1. The van der Waals surface area contributed by atoms with Crippen molar-refractivity contribution in [1.82, 2.24) is 9.13 Å². The smallest absolute Gasteiger partial charge is 0.309 e. The van der Waals surface area contributed by atoms with Gasteiger partial charge in [-0.1, -0.05) is 84.9 Å². The molecule has 62 heavy (non-hydrogen) atoms. The van der Waals surface area contributed by atoms with Crippen LogP contribution < -0.4 is 0 Å². The topological polar surface area (TPSA) is 57.4 Å². The van der Waals surface area contributed by atoms with Crippen molar-refractivity contribution in [3.05, 3.63) is 192 Å². The van der Waals surface area contributed by atoms with Crippen LogP contribution in [0.3, 0.4) is 0 Å². The summed E-state index contributed by atoms with van der Waals surface area (Å²) in [7, 11) is 0. The van der Waals surface area contributed by atoms with Crippen molar-refractivity contribution in [2.24, 2.45) is 0 Å². The highest BCUT2D eigenvalue weighted by Crippen LogP contribution is 2.43. The standard InChI is InChI=1S/C52H28F6N4/c53-51(54,55)45-13-5-1-9-37(45)31-19-23-49-43(25-31)39-11-3-7-15-47(39)61(49)35-21-17-33(29-59)41(27-35)42-28-36(22-18-34(42)30-60)62-48-16-8-4-12-40(48)44-26-32(20-24-50(44)62)38-10-2-6-14-46(38)52(56,57)58/h1-28H. The van der Waals surface area contributed by atoms with Gasteiger partial charge in [0.25, 0.3) is 0 Å². The minimum Gasteiger partial charge on any atom is -0.309 e. The van der Waals surface area contributed by atoms with Crippen LogP contribution in [0.25, 0.3) is 88.4 Å². The average Bonchev–Trinajstić information content (AvgIpc) is 3.80. The number of hydrogen-bond acceptors (Lipinski definition) is 2. The SMILES string of the molecule is N#Cc1ccc(-n2c3ccccc3c3cc(-c4ccccc4C(F)(F)F)ccc32)cc1-c1cc(-n2c3ccccc3c3cc(-c4ccccc4C(F)(F)F)ccc32)ccc1C#N. The fraction of sp³-hybridized carbons (Fsp3) is 0.0385. The number of para-hydroxylation sites is 2. The third kappa shape index (κ3) is 6.15. The Morgan fingerprint density at radius 2 is 0.726 bits per heavy atom. The molecule has 0 aliphatic carbocycles. The van der Waals surface area contributed by atoms with Crippen LogP contribution in [0.2, 0.25) is 0 Å². The minimum absolute atomic E-state index is 0.0683. The van der Waals surface area contributed by atoms with Crippen LogP contribution in [0.5, 0.6) is 0 Å². The van der Waals surface area contributed by atoms with Gasteiger partial charge in [-0.15, -0.1) is 0 Å². The van der Waals surface area contributed by atoms with E-state index < -0.39 is 23.5 Å². The van der Waals surface area contributed by atoms with Gasteiger partial charge in [-0.05, 0) is 107 Å². The summed E-state index contributed by atoms with van der Waals surface area (Å²) in [6.07, 6.45) is -9.09. The second-order valence-electron chi connectivity index (χ2n) is 14.9. The first-order chi connectivity index (χ1) is 29.9. The molecule has 0 aliphatic rings. The molecule has 10 rings (SSSR count). The normalized spacial score (nSPS) is 12.0. The number of benzene rings is 8. The van der Waals surface area contributed by atoms with Crippen molar-refractivity contribution in [2.75, 3.05) is 0 Å². The maximum Gasteiger partial charge on any atom is 0.417 e. The van der Waals surface area contributed by atoms with E-state index in [1.807, 2.05) is 69.8 Å². The Hall–Kier alpha value is -8.08. The Labute approximate surface area is 350 Å². The Bertz CT molecular complexity index is 3300. The zero-order valence-corrected chi connectivity index (χ0v) is 32.2. The molecule has 0 spiro atoms. The molecule has 4 nitrogen and oxygen atoms in total. The maximum atomic E-state index is 14.1. The molecule has 0 bridgehead atoms. The number of alkyl halides is 6. The van der Waals surface area contributed by atoms with Crippen molar-refractivity contribution in [3.8, 4) is 56.9 Å². The van der Waals surface area contributed by atoms with Crippen LogP contribution in [-0.4, -0.2) is 9.13 Å². The van der Waals surface area contributed by atoms with E-state index in [0.29, 0.717) is 44.8 Å². The molecule has 0 saturated carbocycles. The molecule has 2 heterocycles. The van der Waals surface area contributed by atoms with Gasteiger partial charge in [-0.3, -0.25) is 0 Å². The van der Waals surface area contributed by atoms with Crippen LogP contribution in [0.15, 0.2) is 170 Å². The Morgan fingerprint density at radius 1 is 0.355 bits per heavy atom. The molecule has 8 aromatic carbocycles. The predicted octanol–water partition coefficient (Wildman–Crippen LogP) is 14.7. The van der Waals surface area contributed by atoms with Crippen molar-refractivity contribution in [1.29, 1.82) is 10.5 Å². The monoisotopic (exact) mass is 822 g/mol. The highest BCUT2D eigenvalue weighted by molar-refractivity contribution is 6.12. The number of rotatable bonds is 5. The van der Waals surface area contributed by atoms with E-state index in [1.54, 1.807) is 72.8 Å². The molecule has 298 valence electrons. The number of halogens is 6. The van der Waals surface area contributed by atoms with E-state index in [2.05, 4.69) is 12.1 Å². The van der Waals surface area contributed by atoms with Crippen molar-refractivity contribution in [2.45, 2.75) is 12.4 Å². The Kier molecular flexibility index (Phi) is 8.79. The second kappa shape index (κ2) is 14.3. The highest BCUT2D eigenvalue weighted by Gasteiger charge is 2.34. The first kappa shape index (κ1) is 38.1. The van der Waals surface area contributed by atoms with Gasteiger partial charge in [0, 0.05) is 44.0 Å². The fourth-order valence-corrected chi connectivity index (χ4v) is 8.78. The minimum atomic E-state index is -4.55. The average molecular weight is 823 g/mol. The summed E-state index contributed by atoms with van der Waals surface area (Å²) in [6.45, 7) is 0. The summed E-state index contributed by atoms with van der Waals surface area (Å²) < 4.78 is 88.6. The molecule has 0 unspecified atom stereocenters. The van der Waals surface area contributed by atoms with Gasteiger partial charge in [0.1, 0.15) is 0 Å². The molecular formula is C52H28F6N4. The second-order valence-corrected chi connectivity index (χ2v) is 14.9. The van der Waals surface area contributed by atoms with Gasteiger partial charge in [0.15, 0.2) is 0 Å². The van der Waals surface area contributed by atoms with Gasteiger partial charge in [-0.25, -0.2) is 0 Å². The lowest BCUT2D eigenvalue weighted by Crippen LogP contribution is -2.06. The van der Waals surface area contributed by atoms with Crippen molar-refractivity contribution in [3.63, 3.8) is 0 Å². The number of aromatic nitrogens is 2. The number of nitrogens with zero attached hydrogens (tertiary/aromatic N) is 4. The molecule has 0 atom stereocenters. The highest BCUT2D eigenvalue weighted by atomic mass is 19.4. The molecule has 0 fully saturated rings. The predicted molar refractivity (Wildman–Crippen MR) is 231 cm³/mol. The molecule has 0 radical (unpaired) electrons. The third-order valence-corrected chi connectivity index (χ3v) is 11.5. The van der Waals surface area contributed by atoms with Gasteiger partial charge in [-0.2, -0.15) is 36.9 Å². The lowest BCUT2D eigenvalue weighted by atomic mass is 9.95. The van der Waals surface area contributed by atoms with E-state index in [1.165, 1.54) is 24.3 Å². The molecule has 10 heteroatoms. The van der Waals surface area contributed by atoms with Gasteiger partial charge in [0.05, 0.1) is 56.5 Å².